The quantitative estimate of drug-likeness (QED) is 0.153. The molecule has 4 aromatic carbocycles. The van der Waals surface area contributed by atoms with Crippen molar-refractivity contribution in [2.75, 3.05) is 26.2 Å². The molecule has 0 saturated heterocycles. The lowest BCUT2D eigenvalue weighted by molar-refractivity contribution is 0.296. The van der Waals surface area contributed by atoms with Gasteiger partial charge < -0.3 is 0 Å². The number of nitrogens with zero attached hydrogens (tertiary/aromatic N) is 2. The highest BCUT2D eigenvalue weighted by atomic mass is 28.3. The normalized spacial score (nSPS) is 14.8. The van der Waals surface area contributed by atoms with E-state index >= 15 is 0 Å². The Bertz CT molecular complexity index is 1420. The molecule has 0 aliphatic carbocycles. The summed E-state index contributed by atoms with van der Waals surface area (Å²) in [7, 11) is -2.16. The summed E-state index contributed by atoms with van der Waals surface area (Å²) < 4.78 is 0. The van der Waals surface area contributed by atoms with E-state index in [-0.39, 0.29) is 0 Å². The van der Waals surface area contributed by atoms with Crippen molar-refractivity contribution in [2.24, 2.45) is 0 Å². The summed E-state index contributed by atoms with van der Waals surface area (Å²) in [6.45, 7) is 20.4. The van der Waals surface area contributed by atoms with Gasteiger partial charge in [0.05, 0.1) is 0 Å². The zero-order chi connectivity index (χ0) is 30.4. The Morgan fingerprint density at radius 2 is 0.744 bits per heavy atom. The molecule has 1 aliphatic heterocycles. The van der Waals surface area contributed by atoms with Crippen LogP contribution >= 0.6 is 0 Å². The van der Waals surface area contributed by atoms with Crippen LogP contribution in [0.3, 0.4) is 0 Å². The molecule has 1 heterocycles. The minimum Gasteiger partial charge on any atom is -0.300 e. The lowest BCUT2D eigenvalue weighted by Gasteiger charge is -2.27. The molecule has 0 atom stereocenters. The van der Waals surface area contributed by atoms with Gasteiger partial charge in [-0.15, -0.1) is 0 Å². The maximum absolute atomic E-state index is 2.56. The average Bonchev–Trinajstić information content (AvgIpc) is 3.30. The summed E-state index contributed by atoms with van der Waals surface area (Å²) in [5.41, 5.74) is 10.9. The van der Waals surface area contributed by atoms with Crippen molar-refractivity contribution in [3.8, 4) is 0 Å². The van der Waals surface area contributed by atoms with E-state index in [4.69, 9.17) is 0 Å². The van der Waals surface area contributed by atoms with E-state index < -0.39 is 8.07 Å². The molecule has 0 radical (unpaired) electrons. The minimum atomic E-state index is -2.16. The smallest absolute Gasteiger partial charge is 0.115 e. The molecule has 43 heavy (non-hydrogen) atoms. The Morgan fingerprint density at radius 3 is 1.05 bits per heavy atom. The molecule has 222 valence electrons. The molecule has 0 N–H and O–H groups in total. The monoisotopic (exact) mass is 584 g/mol. The Morgan fingerprint density at radius 1 is 0.419 bits per heavy atom. The van der Waals surface area contributed by atoms with Crippen LogP contribution in [-0.2, 0) is 13.1 Å². The van der Waals surface area contributed by atoms with Crippen molar-refractivity contribution < 1.29 is 0 Å². The van der Waals surface area contributed by atoms with Gasteiger partial charge in [-0.1, -0.05) is 150 Å². The van der Waals surface area contributed by atoms with Crippen molar-refractivity contribution in [2.45, 2.75) is 53.9 Å². The summed E-state index contributed by atoms with van der Waals surface area (Å²) in [6.07, 6.45) is 0. The minimum absolute atomic E-state index is 0.997. The first kappa shape index (κ1) is 30.9. The van der Waals surface area contributed by atoms with Crippen molar-refractivity contribution in [1.82, 2.24) is 9.80 Å². The van der Waals surface area contributed by atoms with E-state index in [1.165, 1.54) is 54.9 Å². The Balaban J connectivity index is 1.69. The highest BCUT2D eigenvalue weighted by molar-refractivity contribution is 7.13. The van der Waals surface area contributed by atoms with Gasteiger partial charge in [0, 0.05) is 13.1 Å². The zero-order valence-corrected chi connectivity index (χ0v) is 28.0. The van der Waals surface area contributed by atoms with E-state index in [2.05, 4.69) is 160 Å². The Kier molecular flexibility index (Phi) is 9.97. The lowest BCUT2D eigenvalue weighted by atomic mass is 9.89. The standard InChI is InChI=1S/C40H48N2Si/c1-7-41(8-2)29-31-21-25-35(26-22-31)39-37(33-17-13-11-14-18-33)38(34-19-15-12-16-20-34)40(43(39,5)6)36-27-23-32(24-28-36)30-42(9-3)10-4/h11-28H,7-10,29-30H2,1-6H3. The van der Waals surface area contributed by atoms with Gasteiger partial charge in [-0.3, -0.25) is 9.80 Å². The fourth-order valence-electron chi connectivity index (χ4n) is 6.76. The van der Waals surface area contributed by atoms with Crippen LogP contribution in [0.4, 0.5) is 0 Å². The molecule has 4 aromatic rings. The van der Waals surface area contributed by atoms with E-state index in [0.29, 0.717) is 0 Å². The molecule has 2 nitrogen and oxygen atoms in total. The number of hydrogen-bond acceptors (Lipinski definition) is 2. The fraction of sp³-hybridized carbons (Fsp3) is 0.300. The molecule has 0 bridgehead atoms. The maximum atomic E-state index is 2.56. The number of hydrogen-bond donors (Lipinski definition) is 0. The summed E-state index contributed by atoms with van der Waals surface area (Å²) in [5, 5.41) is 3.07. The van der Waals surface area contributed by atoms with Gasteiger partial charge in [0.1, 0.15) is 8.07 Å². The van der Waals surface area contributed by atoms with Gasteiger partial charge in [0.15, 0.2) is 0 Å². The van der Waals surface area contributed by atoms with Crippen LogP contribution in [0.5, 0.6) is 0 Å². The third-order valence-electron chi connectivity index (χ3n) is 9.21. The molecule has 0 spiro atoms. The van der Waals surface area contributed by atoms with E-state index in [9.17, 15) is 0 Å². The largest absolute Gasteiger partial charge is 0.300 e. The topological polar surface area (TPSA) is 6.48 Å². The molecule has 3 heteroatoms. The van der Waals surface area contributed by atoms with Crippen molar-refractivity contribution >= 4 is 29.6 Å². The van der Waals surface area contributed by atoms with Crippen LogP contribution < -0.4 is 0 Å². The molecule has 1 aliphatic rings. The second-order valence-corrected chi connectivity index (χ2v) is 16.4. The average molecular weight is 585 g/mol. The van der Waals surface area contributed by atoms with Crippen molar-refractivity contribution in [3.05, 3.63) is 143 Å². The summed E-state index contributed by atoms with van der Waals surface area (Å²) in [5.74, 6) is 0. The Labute approximate surface area is 261 Å². The molecular weight excluding hydrogens is 537 g/mol. The second-order valence-electron chi connectivity index (χ2n) is 12.2. The predicted molar refractivity (Wildman–Crippen MR) is 190 cm³/mol. The highest BCUT2D eigenvalue weighted by Crippen LogP contribution is 2.55. The van der Waals surface area contributed by atoms with E-state index in [1.54, 1.807) is 0 Å². The molecule has 0 aromatic heterocycles. The van der Waals surface area contributed by atoms with Crippen LogP contribution in [0.1, 0.15) is 61.1 Å². The van der Waals surface area contributed by atoms with Crippen LogP contribution in [-0.4, -0.2) is 44.1 Å². The molecular formula is C40H48N2Si. The molecule has 5 rings (SSSR count). The first-order chi connectivity index (χ1) is 20.9. The van der Waals surface area contributed by atoms with Crippen LogP contribution in [0, 0.1) is 0 Å². The summed E-state index contributed by atoms with van der Waals surface area (Å²) in [6, 6.07) is 41.2. The van der Waals surface area contributed by atoms with Crippen LogP contribution in [0.15, 0.2) is 109 Å². The summed E-state index contributed by atoms with van der Waals surface area (Å²) >= 11 is 0. The van der Waals surface area contributed by atoms with Crippen molar-refractivity contribution in [3.63, 3.8) is 0 Å². The summed E-state index contributed by atoms with van der Waals surface area (Å²) in [4.78, 5) is 4.96. The first-order valence-electron chi connectivity index (χ1n) is 16.1. The predicted octanol–water partition coefficient (Wildman–Crippen LogP) is 9.69. The zero-order valence-electron chi connectivity index (χ0n) is 27.0. The number of rotatable bonds is 12. The lowest BCUT2D eigenvalue weighted by Crippen LogP contribution is -2.28. The van der Waals surface area contributed by atoms with Gasteiger partial charge in [0.25, 0.3) is 0 Å². The second kappa shape index (κ2) is 13.9. The van der Waals surface area contributed by atoms with E-state index in [1.807, 2.05) is 0 Å². The molecule has 0 saturated carbocycles. The first-order valence-corrected chi connectivity index (χ1v) is 19.1. The van der Waals surface area contributed by atoms with Gasteiger partial charge in [-0.05, 0) is 81.1 Å². The third-order valence-corrected chi connectivity index (χ3v) is 12.8. The van der Waals surface area contributed by atoms with Crippen LogP contribution in [0.2, 0.25) is 13.1 Å². The van der Waals surface area contributed by atoms with Crippen LogP contribution in [0.25, 0.3) is 21.5 Å². The van der Waals surface area contributed by atoms with Gasteiger partial charge >= 0.3 is 0 Å². The van der Waals surface area contributed by atoms with Crippen molar-refractivity contribution in [1.29, 1.82) is 0 Å². The highest BCUT2D eigenvalue weighted by Gasteiger charge is 2.43. The maximum Gasteiger partial charge on any atom is 0.115 e. The SMILES string of the molecule is CCN(CC)Cc1ccc(C2=C(c3ccccc3)C(c3ccccc3)=C(c3ccc(CN(CC)CC)cc3)[Si]2(C)C)cc1. The fourth-order valence-corrected chi connectivity index (χ4v) is 10.6. The van der Waals surface area contributed by atoms with Gasteiger partial charge in [-0.25, -0.2) is 0 Å². The van der Waals surface area contributed by atoms with Gasteiger partial charge in [-0.2, -0.15) is 0 Å². The Hall–Kier alpha value is -3.50. The molecule has 0 amide bonds. The molecule has 0 unspecified atom stereocenters. The third kappa shape index (κ3) is 6.55. The number of benzene rings is 4. The van der Waals surface area contributed by atoms with E-state index in [0.717, 1.165) is 39.3 Å². The molecule has 0 fully saturated rings. The number of allylic oxidation sites excluding steroid dienone is 2. The van der Waals surface area contributed by atoms with Gasteiger partial charge in [0.2, 0.25) is 0 Å².